The fraction of sp³-hybridized carbons (Fsp3) is 0.167. The second kappa shape index (κ2) is 6.07. The van der Waals surface area contributed by atoms with E-state index in [2.05, 4.69) is 11.9 Å². The molecule has 6 heteroatoms. The lowest BCUT2D eigenvalue weighted by atomic mass is 10.1. The topological polar surface area (TPSA) is 75.6 Å². The van der Waals surface area contributed by atoms with Crippen molar-refractivity contribution < 1.29 is 19.4 Å². The van der Waals surface area contributed by atoms with Gasteiger partial charge in [-0.2, -0.15) is 0 Å². The van der Waals surface area contributed by atoms with Gasteiger partial charge in [-0.15, -0.1) is 0 Å². The Morgan fingerprint density at radius 3 is 2.78 bits per heavy atom. The van der Waals surface area contributed by atoms with Gasteiger partial charge in [0.1, 0.15) is 6.61 Å². The molecule has 2 N–H and O–H groups in total. The zero-order chi connectivity index (χ0) is 13.7. The summed E-state index contributed by atoms with van der Waals surface area (Å²) >= 11 is 5.96. The van der Waals surface area contributed by atoms with Gasteiger partial charge >= 0.3 is 12.1 Å². The van der Waals surface area contributed by atoms with Crippen molar-refractivity contribution in [2.24, 2.45) is 0 Å². The minimum atomic E-state index is -1.10. The van der Waals surface area contributed by atoms with Crippen LogP contribution in [0.2, 0.25) is 5.02 Å². The molecule has 1 aromatic carbocycles. The molecule has 0 atom stereocenters. The zero-order valence-corrected chi connectivity index (χ0v) is 10.5. The molecular weight excluding hydrogens is 258 g/mol. The lowest BCUT2D eigenvalue weighted by Crippen LogP contribution is -2.14. The number of carbonyl (C=O) groups excluding carboxylic acids is 1. The Morgan fingerprint density at radius 1 is 1.56 bits per heavy atom. The molecule has 0 spiro atoms. The Balaban J connectivity index is 2.97. The largest absolute Gasteiger partial charge is 0.478 e. The summed E-state index contributed by atoms with van der Waals surface area (Å²) in [6.45, 7) is 5.10. The van der Waals surface area contributed by atoms with E-state index < -0.39 is 12.1 Å². The van der Waals surface area contributed by atoms with E-state index in [9.17, 15) is 9.59 Å². The van der Waals surface area contributed by atoms with Gasteiger partial charge in [0.25, 0.3) is 0 Å². The number of nitrogens with one attached hydrogen (secondary N) is 1. The maximum Gasteiger partial charge on any atom is 0.411 e. The molecule has 0 aliphatic carbocycles. The minimum Gasteiger partial charge on any atom is -0.478 e. The Bertz CT molecular complexity index is 499. The molecule has 0 aromatic heterocycles. The highest BCUT2D eigenvalue weighted by atomic mass is 35.5. The zero-order valence-electron chi connectivity index (χ0n) is 9.70. The minimum absolute atomic E-state index is 0.0379. The van der Waals surface area contributed by atoms with E-state index in [1.165, 1.54) is 18.2 Å². The molecule has 96 valence electrons. The smallest absolute Gasteiger partial charge is 0.411 e. The summed E-state index contributed by atoms with van der Waals surface area (Å²) < 4.78 is 4.72. The maximum atomic E-state index is 11.3. The number of halogens is 1. The van der Waals surface area contributed by atoms with Crippen molar-refractivity contribution in [3.05, 3.63) is 40.9 Å². The Morgan fingerprint density at radius 2 is 2.22 bits per heavy atom. The van der Waals surface area contributed by atoms with Crippen molar-refractivity contribution in [3.8, 4) is 0 Å². The third-order valence-electron chi connectivity index (χ3n) is 2.07. The van der Waals surface area contributed by atoms with Crippen molar-refractivity contribution in [2.75, 3.05) is 11.9 Å². The Kier molecular flexibility index (Phi) is 4.74. The SMILES string of the molecule is C=CCOC(=O)Nc1cc(C(=O)O)cc(C)c1Cl. The molecule has 0 fully saturated rings. The average Bonchev–Trinajstić information content (AvgIpc) is 2.31. The molecule has 1 aromatic rings. The van der Waals surface area contributed by atoms with E-state index in [0.717, 1.165) is 0 Å². The Hall–Kier alpha value is -2.01. The highest BCUT2D eigenvalue weighted by molar-refractivity contribution is 6.34. The third kappa shape index (κ3) is 3.49. The molecule has 0 saturated heterocycles. The van der Waals surface area contributed by atoms with Crippen molar-refractivity contribution >= 4 is 29.4 Å². The fourth-order valence-electron chi connectivity index (χ4n) is 1.26. The summed E-state index contributed by atoms with van der Waals surface area (Å²) in [5.74, 6) is -1.10. The molecule has 0 aliphatic rings. The van der Waals surface area contributed by atoms with Gasteiger partial charge in [-0.25, -0.2) is 9.59 Å². The summed E-state index contributed by atoms with van der Waals surface area (Å²) in [5, 5.41) is 11.6. The van der Waals surface area contributed by atoms with E-state index in [-0.39, 0.29) is 22.9 Å². The van der Waals surface area contributed by atoms with Crippen LogP contribution < -0.4 is 5.32 Å². The molecule has 0 unspecified atom stereocenters. The second-order valence-corrected chi connectivity index (χ2v) is 3.85. The van der Waals surface area contributed by atoms with Crippen LogP contribution in [0.1, 0.15) is 15.9 Å². The van der Waals surface area contributed by atoms with Crippen molar-refractivity contribution in [1.82, 2.24) is 0 Å². The molecule has 0 heterocycles. The van der Waals surface area contributed by atoms with E-state index in [1.54, 1.807) is 6.92 Å². The normalized spacial score (nSPS) is 9.67. The van der Waals surface area contributed by atoms with Gasteiger partial charge in [-0.3, -0.25) is 5.32 Å². The van der Waals surface area contributed by atoms with Crippen molar-refractivity contribution in [3.63, 3.8) is 0 Å². The molecule has 0 aliphatic heterocycles. The summed E-state index contributed by atoms with van der Waals surface area (Å²) in [5.41, 5.74) is 0.787. The van der Waals surface area contributed by atoms with Crippen LogP contribution >= 0.6 is 11.6 Å². The summed E-state index contributed by atoms with van der Waals surface area (Å²) in [6.07, 6.45) is 0.693. The lowest BCUT2D eigenvalue weighted by molar-refractivity contribution is 0.0696. The van der Waals surface area contributed by atoms with Gasteiger partial charge in [0.15, 0.2) is 0 Å². The summed E-state index contributed by atoms with van der Waals surface area (Å²) in [4.78, 5) is 22.2. The fourth-order valence-corrected chi connectivity index (χ4v) is 1.42. The third-order valence-corrected chi connectivity index (χ3v) is 2.57. The summed E-state index contributed by atoms with van der Waals surface area (Å²) in [7, 11) is 0. The van der Waals surface area contributed by atoms with Crippen molar-refractivity contribution in [2.45, 2.75) is 6.92 Å². The molecule has 18 heavy (non-hydrogen) atoms. The van der Waals surface area contributed by atoms with Gasteiger partial charge < -0.3 is 9.84 Å². The second-order valence-electron chi connectivity index (χ2n) is 3.47. The first kappa shape index (κ1) is 14.1. The first-order chi connectivity index (χ1) is 8.45. The number of hydrogen-bond acceptors (Lipinski definition) is 3. The monoisotopic (exact) mass is 269 g/mol. The number of ether oxygens (including phenoxy) is 1. The van der Waals surface area contributed by atoms with Crippen LogP contribution in [0.4, 0.5) is 10.5 Å². The van der Waals surface area contributed by atoms with Crippen LogP contribution in [-0.4, -0.2) is 23.8 Å². The molecule has 0 bridgehead atoms. The van der Waals surface area contributed by atoms with Gasteiger partial charge in [-0.1, -0.05) is 24.3 Å². The predicted octanol–water partition coefficient (Wildman–Crippen LogP) is 3.08. The van der Waals surface area contributed by atoms with E-state index >= 15 is 0 Å². The number of hydrogen-bond donors (Lipinski definition) is 2. The highest BCUT2D eigenvalue weighted by Crippen LogP contribution is 2.27. The quantitative estimate of drug-likeness (QED) is 0.824. The van der Waals surface area contributed by atoms with Crippen LogP contribution in [0.15, 0.2) is 24.8 Å². The number of carbonyl (C=O) groups is 2. The van der Waals surface area contributed by atoms with Gasteiger partial charge in [0, 0.05) is 0 Å². The number of rotatable bonds is 4. The van der Waals surface area contributed by atoms with Gasteiger partial charge in [-0.05, 0) is 24.6 Å². The van der Waals surface area contributed by atoms with E-state index in [4.69, 9.17) is 21.4 Å². The molecule has 5 nitrogen and oxygen atoms in total. The molecule has 1 amide bonds. The van der Waals surface area contributed by atoms with Crippen LogP contribution in [-0.2, 0) is 4.74 Å². The van der Waals surface area contributed by atoms with E-state index in [1.807, 2.05) is 0 Å². The first-order valence-corrected chi connectivity index (χ1v) is 5.41. The van der Waals surface area contributed by atoms with Gasteiger partial charge in [0.05, 0.1) is 16.3 Å². The van der Waals surface area contributed by atoms with Crippen LogP contribution in [0, 0.1) is 6.92 Å². The number of carboxylic acids is 1. The van der Waals surface area contributed by atoms with Gasteiger partial charge in [0.2, 0.25) is 0 Å². The highest BCUT2D eigenvalue weighted by Gasteiger charge is 2.13. The molecule has 0 saturated carbocycles. The number of amides is 1. The average molecular weight is 270 g/mol. The number of benzene rings is 1. The number of aryl methyl sites for hydroxylation is 1. The van der Waals surface area contributed by atoms with Crippen LogP contribution in [0.25, 0.3) is 0 Å². The molecular formula is C12H12ClNO4. The van der Waals surface area contributed by atoms with E-state index in [0.29, 0.717) is 5.56 Å². The standard InChI is InChI=1S/C12H12ClNO4/c1-3-4-18-12(17)14-9-6-8(11(15)16)5-7(2)10(9)13/h3,5-6H,1,4H2,2H3,(H,14,17)(H,15,16). The predicted molar refractivity (Wildman–Crippen MR) is 68.3 cm³/mol. The summed E-state index contributed by atoms with van der Waals surface area (Å²) in [6, 6.07) is 2.69. The molecule has 0 radical (unpaired) electrons. The number of carboxylic acid groups (broad SMARTS) is 1. The molecule has 1 rings (SSSR count). The first-order valence-electron chi connectivity index (χ1n) is 5.03. The van der Waals surface area contributed by atoms with Crippen molar-refractivity contribution in [1.29, 1.82) is 0 Å². The lowest BCUT2D eigenvalue weighted by Gasteiger charge is -2.10. The Labute approximate surface area is 109 Å². The number of aromatic carboxylic acids is 1. The maximum absolute atomic E-state index is 11.3. The van der Waals surface area contributed by atoms with Crippen LogP contribution in [0.3, 0.4) is 0 Å². The van der Waals surface area contributed by atoms with Crippen LogP contribution in [0.5, 0.6) is 0 Å². The number of anilines is 1.